The molecule has 0 aliphatic heterocycles. The number of oxazole rings is 2. The molecular weight excluding hydrogens is 603 g/mol. The van der Waals surface area contributed by atoms with E-state index in [1.165, 1.54) is 21.9 Å². The van der Waals surface area contributed by atoms with Crippen LogP contribution in [-0.4, -0.2) is 14.5 Å². The van der Waals surface area contributed by atoms with Crippen molar-refractivity contribution in [3.63, 3.8) is 0 Å². The summed E-state index contributed by atoms with van der Waals surface area (Å²) < 4.78 is 14.9. The van der Waals surface area contributed by atoms with Gasteiger partial charge < -0.3 is 13.4 Å². The Morgan fingerprint density at radius 1 is 0.449 bits per heavy atom. The minimum Gasteiger partial charge on any atom is -0.436 e. The fraction of sp³-hybridized carbons (Fsp3) is 0.0455. The molecule has 0 saturated heterocycles. The van der Waals surface area contributed by atoms with Crippen LogP contribution in [0, 0.1) is 13.8 Å². The molecule has 0 atom stereocenters. The Balaban J connectivity index is 1.14. The zero-order chi connectivity index (χ0) is 32.6. The smallest absolute Gasteiger partial charge is 0.227 e. The van der Waals surface area contributed by atoms with E-state index in [1.54, 1.807) is 0 Å². The number of rotatable bonds is 4. The van der Waals surface area contributed by atoms with Gasteiger partial charge in [-0.15, -0.1) is 0 Å². The summed E-state index contributed by atoms with van der Waals surface area (Å²) in [5.41, 5.74) is 13.1. The highest BCUT2D eigenvalue weighted by Crippen LogP contribution is 2.38. The van der Waals surface area contributed by atoms with Gasteiger partial charge in [-0.3, -0.25) is 0 Å². The molecular formula is C44H29N3O2. The molecule has 0 radical (unpaired) electrons. The highest BCUT2D eigenvalue weighted by molar-refractivity contribution is 6.11. The minimum atomic E-state index is 0.605. The SMILES string of the molecule is Cc1ccc2nc(-c3ccc4c(c3)c3cc(-c5nc6ccc(C)cc6o5)ccc3n4-c3ccc(-c4ccc5ccccc5c4)cc3)oc2c1. The molecule has 0 unspecified atom stereocenters. The summed E-state index contributed by atoms with van der Waals surface area (Å²) in [5, 5.41) is 4.67. The highest BCUT2D eigenvalue weighted by atomic mass is 16.4. The maximum Gasteiger partial charge on any atom is 0.227 e. The summed E-state index contributed by atoms with van der Waals surface area (Å²) in [6.45, 7) is 4.12. The molecule has 10 aromatic rings. The van der Waals surface area contributed by atoms with Crippen LogP contribution in [0.1, 0.15) is 11.1 Å². The number of nitrogens with zero attached hydrogens (tertiary/aromatic N) is 3. The van der Waals surface area contributed by atoms with Crippen LogP contribution in [0.2, 0.25) is 0 Å². The van der Waals surface area contributed by atoms with Gasteiger partial charge in [0.05, 0.1) is 11.0 Å². The van der Waals surface area contributed by atoms with Gasteiger partial charge in [-0.1, -0.05) is 60.7 Å². The first kappa shape index (κ1) is 27.6. The van der Waals surface area contributed by atoms with E-state index in [9.17, 15) is 0 Å². The lowest BCUT2D eigenvalue weighted by molar-refractivity contribution is 0.619. The molecule has 10 rings (SSSR count). The van der Waals surface area contributed by atoms with Crippen molar-refractivity contribution in [1.29, 1.82) is 0 Å². The molecule has 5 nitrogen and oxygen atoms in total. The van der Waals surface area contributed by atoms with Crippen LogP contribution in [0.15, 0.2) is 148 Å². The normalized spacial score (nSPS) is 11.9. The Morgan fingerprint density at radius 3 is 1.57 bits per heavy atom. The largest absolute Gasteiger partial charge is 0.436 e. The lowest BCUT2D eigenvalue weighted by atomic mass is 10.0. The molecule has 0 aliphatic carbocycles. The van der Waals surface area contributed by atoms with E-state index < -0.39 is 0 Å². The standard InChI is InChI=1S/C44H29N3O2/c1-26-7-17-37-41(21-26)48-43(45-37)32-13-19-39-35(24-32)36-25-33(44-46-38-18-8-27(2)22-42(38)49-44)14-20-40(36)47(39)34-15-11-29(12-16-34)31-10-9-28-5-3-4-6-30(28)23-31/h3-25H,1-2H3. The van der Waals surface area contributed by atoms with E-state index >= 15 is 0 Å². The van der Waals surface area contributed by atoms with E-state index in [2.05, 4.69) is 134 Å². The third kappa shape index (κ3) is 4.54. The zero-order valence-electron chi connectivity index (χ0n) is 26.9. The Kier molecular flexibility index (Phi) is 5.94. The maximum absolute atomic E-state index is 6.26. The first-order valence-electron chi connectivity index (χ1n) is 16.5. The van der Waals surface area contributed by atoms with E-state index in [0.29, 0.717) is 11.8 Å². The lowest BCUT2D eigenvalue weighted by Gasteiger charge is -2.10. The van der Waals surface area contributed by atoms with Crippen LogP contribution < -0.4 is 0 Å². The molecule has 3 aromatic heterocycles. The van der Waals surface area contributed by atoms with Crippen molar-refractivity contribution in [2.24, 2.45) is 0 Å². The van der Waals surface area contributed by atoms with Gasteiger partial charge in [0.1, 0.15) is 11.0 Å². The Hall–Kier alpha value is -6.46. The number of hydrogen-bond donors (Lipinski definition) is 0. The monoisotopic (exact) mass is 631 g/mol. The van der Waals surface area contributed by atoms with Gasteiger partial charge >= 0.3 is 0 Å². The molecule has 5 heteroatoms. The van der Waals surface area contributed by atoms with Gasteiger partial charge in [0, 0.05) is 27.6 Å². The average molecular weight is 632 g/mol. The van der Waals surface area contributed by atoms with Crippen LogP contribution in [0.3, 0.4) is 0 Å². The molecule has 0 N–H and O–H groups in total. The average Bonchev–Trinajstić information content (AvgIpc) is 3.84. The predicted molar refractivity (Wildman–Crippen MR) is 199 cm³/mol. The highest BCUT2D eigenvalue weighted by Gasteiger charge is 2.18. The number of aryl methyl sites for hydroxylation is 2. The Labute approximate surface area is 281 Å². The predicted octanol–water partition coefficient (Wildman–Crippen LogP) is 11.8. The quantitative estimate of drug-likeness (QED) is 0.194. The van der Waals surface area contributed by atoms with Crippen LogP contribution in [0.25, 0.3) is 94.5 Å². The van der Waals surface area contributed by atoms with Crippen molar-refractivity contribution >= 4 is 54.8 Å². The summed E-state index contributed by atoms with van der Waals surface area (Å²) in [6, 6.07) is 49.1. The Morgan fingerprint density at radius 2 is 0.980 bits per heavy atom. The molecule has 0 saturated carbocycles. The minimum absolute atomic E-state index is 0.605. The van der Waals surface area contributed by atoms with Crippen molar-refractivity contribution in [2.75, 3.05) is 0 Å². The molecule has 7 aromatic carbocycles. The van der Waals surface area contributed by atoms with E-state index in [-0.39, 0.29) is 0 Å². The zero-order valence-corrected chi connectivity index (χ0v) is 26.9. The van der Waals surface area contributed by atoms with Gasteiger partial charge in [0.25, 0.3) is 0 Å². The summed E-state index contributed by atoms with van der Waals surface area (Å²) in [5.74, 6) is 1.21. The summed E-state index contributed by atoms with van der Waals surface area (Å²) in [4.78, 5) is 9.66. The van der Waals surface area contributed by atoms with E-state index in [4.69, 9.17) is 18.8 Å². The van der Waals surface area contributed by atoms with Crippen LogP contribution in [0.5, 0.6) is 0 Å². The topological polar surface area (TPSA) is 57.0 Å². The molecule has 49 heavy (non-hydrogen) atoms. The second-order valence-corrected chi connectivity index (χ2v) is 12.9. The van der Waals surface area contributed by atoms with Gasteiger partial charge in [0.2, 0.25) is 11.8 Å². The molecule has 0 spiro atoms. The van der Waals surface area contributed by atoms with Gasteiger partial charge in [-0.2, -0.15) is 0 Å². The fourth-order valence-corrected chi connectivity index (χ4v) is 7.05. The maximum atomic E-state index is 6.26. The van der Waals surface area contributed by atoms with E-state index in [0.717, 1.165) is 71.9 Å². The van der Waals surface area contributed by atoms with Crippen LogP contribution >= 0.6 is 0 Å². The number of aromatic nitrogens is 3. The van der Waals surface area contributed by atoms with Crippen molar-refractivity contribution in [3.05, 3.63) is 151 Å². The lowest BCUT2D eigenvalue weighted by Crippen LogP contribution is -1.94. The van der Waals surface area contributed by atoms with Crippen molar-refractivity contribution in [3.8, 4) is 39.7 Å². The number of hydrogen-bond acceptors (Lipinski definition) is 4. The first-order valence-corrected chi connectivity index (χ1v) is 16.5. The molecule has 0 amide bonds. The first-order chi connectivity index (χ1) is 24.0. The summed E-state index contributed by atoms with van der Waals surface area (Å²) in [7, 11) is 0. The summed E-state index contributed by atoms with van der Waals surface area (Å²) in [6.07, 6.45) is 0. The van der Waals surface area contributed by atoms with Gasteiger partial charge in [-0.25, -0.2) is 9.97 Å². The molecule has 3 heterocycles. The van der Waals surface area contributed by atoms with Crippen LogP contribution in [0.4, 0.5) is 0 Å². The Bertz CT molecular complexity index is 2770. The third-order valence-electron chi connectivity index (χ3n) is 9.56. The number of benzene rings is 7. The second kappa shape index (κ2) is 10.5. The third-order valence-corrected chi connectivity index (χ3v) is 9.56. The molecule has 232 valence electrons. The van der Waals surface area contributed by atoms with Crippen molar-refractivity contribution < 1.29 is 8.83 Å². The number of fused-ring (bicyclic) bond motifs is 6. The van der Waals surface area contributed by atoms with Gasteiger partial charge in [-0.05, 0) is 126 Å². The molecule has 0 bridgehead atoms. The fourth-order valence-electron chi connectivity index (χ4n) is 7.05. The molecule has 0 aliphatic rings. The van der Waals surface area contributed by atoms with E-state index in [1.807, 2.05) is 24.3 Å². The van der Waals surface area contributed by atoms with Gasteiger partial charge in [0.15, 0.2) is 11.2 Å². The van der Waals surface area contributed by atoms with Crippen LogP contribution in [-0.2, 0) is 0 Å². The van der Waals surface area contributed by atoms with Crippen molar-refractivity contribution in [2.45, 2.75) is 13.8 Å². The molecule has 0 fully saturated rings. The second-order valence-electron chi connectivity index (χ2n) is 12.9. The van der Waals surface area contributed by atoms with Crippen molar-refractivity contribution in [1.82, 2.24) is 14.5 Å². The summed E-state index contributed by atoms with van der Waals surface area (Å²) >= 11 is 0.